The predicted molar refractivity (Wildman–Crippen MR) is 79.5 cm³/mol. The molecule has 7 heteroatoms. The first-order valence-corrected chi connectivity index (χ1v) is 7.53. The summed E-state index contributed by atoms with van der Waals surface area (Å²) in [6.07, 6.45) is -0.514. The smallest absolute Gasteiger partial charge is 0.227 e. The minimum Gasteiger partial charge on any atom is -0.486 e. The van der Waals surface area contributed by atoms with Gasteiger partial charge in [-0.2, -0.15) is 0 Å². The quantitative estimate of drug-likeness (QED) is 0.892. The van der Waals surface area contributed by atoms with Crippen LogP contribution in [0.3, 0.4) is 0 Å². The Kier molecular flexibility index (Phi) is 4.42. The van der Waals surface area contributed by atoms with Crippen LogP contribution in [-0.4, -0.2) is 61.5 Å². The fourth-order valence-corrected chi connectivity index (χ4v) is 2.84. The van der Waals surface area contributed by atoms with Crippen LogP contribution in [0.2, 0.25) is 5.02 Å². The van der Waals surface area contributed by atoms with Crippen LogP contribution in [0.1, 0.15) is 5.56 Å². The van der Waals surface area contributed by atoms with E-state index >= 15 is 0 Å². The fourth-order valence-electron chi connectivity index (χ4n) is 2.62. The Hall–Kier alpha value is -1.50. The van der Waals surface area contributed by atoms with E-state index in [1.54, 1.807) is 19.2 Å². The van der Waals surface area contributed by atoms with Gasteiger partial charge in [0.15, 0.2) is 11.5 Å². The predicted octanol–water partition coefficient (Wildman–Crippen LogP) is 0.872. The van der Waals surface area contributed by atoms with E-state index in [1.165, 1.54) is 4.90 Å². The molecule has 0 aliphatic carbocycles. The van der Waals surface area contributed by atoms with E-state index < -0.39 is 6.10 Å². The van der Waals surface area contributed by atoms with E-state index in [1.807, 2.05) is 0 Å². The van der Waals surface area contributed by atoms with E-state index in [2.05, 4.69) is 0 Å². The molecule has 0 aromatic heterocycles. The second-order valence-corrected chi connectivity index (χ2v) is 5.85. The van der Waals surface area contributed by atoms with Gasteiger partial charge >= 0.3 is 0 Å². The van der Waals surface area contributed by atoms with Crippen LogP contribution in [0.25, 0.3) is 0 Å². The molecule has 0 spiro atoms. The number of nitrogens with zero attached hydrogens (tertiary/aromatic N) is 1. The minimum atomic E-state index is -0.648. The number of fused-ring (bicyclic) bond motifs is 1. The molecule has 0 saturated carbocycles. The zero-order valence-electron chi connectivity index (χ0n) is 12.3. The summed E-state index contributed by atoms with van der Waals surface area (Å²) < 4.78 is 16.1. The highest BCUT2D eigenvalue weighted by Crippen LogP contribution is 2.35. The largest absolute Gasteiger partial charge is 0.486 e. The average Bonchev–Trinajstić information content (AvgIpc) is 2.93. The Morgan fingerprint density at radius 2 is 2.00 bits per heavy atom. The lowest BCUT2D eigenvalue weighted by atomic mass is 10.1. The van der Waals surface area contributed by atoms with Crippen molar-refractivity contribution in [2.45, 2.75) is 18.6 Å². The van der Waals surface area contributed by atoms with E-state index in [4.69, 9.17) is 25.8 Å². The minimum absolute atomic E-state index is 0.131. The fraction of sp³-hybridized carbons (Fsp3) is 0.533. The molecular formula is C15H18ClNO5. The summed E-state index contributed by atoms with van der Waals surface area (Å²) in [5, 5.41) is 10.3. The lowest BCUT2D eigenvalue weighted by Crippen LogP contribution is -2.44. The summed E-state index contributed by atoms with van der Waals surface area (Å²) in [4.78, 5) is 13.9. The third kappa shape index (κ3) is 2.99. The first-order valence-electron chi connectivity index (χ1n) is 7.15. The molecule has 1 amide bonds. The van der Waals surface area contributed by atoms with Crippen molar-refractivity contribution < 1.29 is 24.1 Å². The lowest BCUT2D eigenvalue weighted by molar-refractivity contribution is -0.132. The van der Waals surface area contributed by atoms with Crippen molar-refractivity contribution in [3.63, 3.8) is 0 Å². The molecule has 1 N–H and O–H groups in total. The number of rotatable bonds is 3. The maximum atomic E-state index is 12.4. The van der Waals surface area contributed by atoms with Crippen LogP contribution in [0.15, 0.2) is 12.1 Å². The number of carbonyl (C=O) groups is 1. The number of likely N-dealkylation sites (N-methyl/N-ethyl adjacent to an activating group) is 1. The van der Waals surface area contributed by atoms with Gasteiger partial charge in [0.25, 0.3) is 0 Å². The molecule has 1 fully saturated rings. The maximum absolute atomic E-state index is 12.4. The molecule has 2 aliphatic heterocycles. The van der Waals surface area contributed by atoms with Crippen LogP contribution >= 0.6 is 11.6 Å². The van der Waals surface area contributed by atoms with E-state index in [-0.39, 0.29) is 25.0 Å². The monoisotopic (exact) mass is 327 g/mol. The molecule has 2 atom stereocenters. The van der Waals surface area contributed by atoms with Gasteiger partial charge in [-0.25, -0.2) is 0 Å². The van der Waals surface area contributed by atoms with E-state index in [9.17, 15) is 9.90 Å². The van der Waals surface area contributed by atoms with Gasteiger partial charge in [-0.3, -0.25) is 4.79 Å². The number of amides is 1. The summed E-state index contributed by atoms with van der Waals surface area (Å²) in [7, 11) is 1.66. The maximum Gasteiger partial charge on any atom is 0.227 e. The van der Waals surface area contributed by atoms with Crippen LogP contribution in [0.4, 0.5) is 0 Å². The standard InChI is InChI=1S/C15H18ClNO5/c1-17(11-7-20-8-12(11)18)15(19)5-9-4-13-14(6-10(9)16)22-3-2-21-13/h4,6,11-12,18H,2-3,5,7-8H2,1H3/t11-,12-/m0/s1. The van der Waals surface area contributed by atoms with Crippen molar-refractivity contribution in [1.82, 2.24) is 4.90 Å². The second kappa shape index (κ2) is 6.32. The number of hydrogen-bond donors (Lipinski definition) is 1. The first-order chi connectivity index (χ1) is 10.6. The number of hydrogen-bond acceptors (Lipinski definition) is 5. The summed E-state index contributed by atoms with van der Waals surface area (Å²) in [5.74, 6) is 1.07. The van der Waals surface area contributed by atoms with Gasteiger partial charge in [-0.1, -0.05) is 11.6 Å². The molecule has 0 unspecified atom stereocenters. The topological polar surface area (TPSA) is 68.2 Å². The van der Waals surface area contributed by atoms with Crippen molar-refractivity contribution in [3.8, 4) is 11.5 Å². The SMILES string of the molecule is CN(C(=O)Cc1cc2c(cc1Cl)OCCO2)[C@H]1COC[C@@H]1O. The molecule has 1 aromatic rings. The van der Waals surface area contributed by atoms with Crippen molar-refractivity contribution >= 4 is 17.5 Å². The van der Waals surface area contributed by atoms with Gasteiger partial charge in [-0.15, -0.1) is 0 Å². The van der Waals surface area contributed by atoms with Gasteiger partial charge in [0, 0.05) is 18.1 Å². The van der Waals surface area contributed by atoms with E-state index in [0.29, 0.717) is 41.9 Å². The summed E-state index contributed by atoms with van der Waals surface area (Å²) in [6.45, 7) is 1.57. The van der Waals surface area contributed by atoms with Gasteiger partial charge < -0.3 is 24.2 Å². The number of ether oxygens (including phenoxy) is 3. The third-order valence-corrected chi connectivity index (χ3v) is 4.32. The molecule has 0 radical (unpaired) electrons. The summed E-state index contributed by atoms with van der Waals surface area (Å²) in [5.41, 5.74) is 0.677. The molecule has 2 aliphatic rings. The normalized spacial score (nSPS) is 23.4. The van der Waals surface area contributed by atoms with Gasteiger partial charge in [0.2, 0.25) is 5.91 Å². The van der Waals surface area contributed by atoms with Gasteiger partial charge in [0.1, 0.15) is 13.2 Å². The molecule has 120 valence electrons. The summed E-state index contributed by atoms with van der Waals surface area (Å²) >= 11 is 6.22. The van der Waals surface area contributed by atoms with Gasteiger partial charge in [-0.05, 0) is 11.6 Å². The van der Waals surface area contributed by atoms with Crippen LogP contribution in [-0.2, 0) is 16.0 Å². The molecule has 3 rings (SSSR count). The third-order valence-electron chi connectivity index (χ3n) is 3.97. The zero-order valence-corrected chi connectivity index (χ0v) is 13.0. The number of halogens is 1. The highest BCUT2D eigenvalue weighted by molar-refractivity contribution is 6.31. The number of aliphatic hydroxyl groups excluding tert-OH is 1. The van der Waals surface area contributed by atoms with Crippen molar-refractivity contribution in [1.29, 1.82) is 0 Å². The molecule has 6 nitrogen and oxygen atoms in total. The molecule has 1 aromatic carbocycles. The van der Waals surface area contributed by atoms with Crippen LogP contribution in [0, 0.1) is 0 Å². The van der Waals surface area contributed by atoms with E-state index in [0.717, 1.165) is 0 Å². The Labute approximate surface area is 133 Å². The van der Waals surface area contributed by atoms with Crippen molar-refractivity contribution in [3.05, 3.63) is 22.7 Å². The highest BCUT2D eigenvalue weighted by atomic mass is 35.5. The highest BCUT2D eigenvalue weighted by Gasteiger charge is 2.32. The first kappa shape index (κ1) is 15.4. The molecule has 0 bridgehead atoms. The molecular weight excluding hydrogens is 310 g/mol. The van der Waals surface area contributed by atoms with Crippen LogP contribution < -0.4 is 9.47 Å². The lowest BCUT2D eigenvalue weighted by Gasteiger charge is -2.26. The van der Waals surface area contributed by atoms with Crippen molar-refractivity contribution in [2.24, 2.45) is 0 Å². The number of benzene rings is 1. The van der Waals surface area contributed by atoms with Gasteiger partial charge in [0.05, 0.1) is 31.8 Å². The zero-order chi connectivity index (χ0) is 15.7. The Balaban J connectivity index is 1.73. The molecule has 1 saturated heterocycles. The Morgan fingerprint density at radius 1 is 1.32 bits per heavy atom. The second-order valence-electron chi connectivity index (χ2n) is 5.44. The molecule has 22 heavy (non-hydrogen) atoms. The number of aliphatic hydroxyl groups is 1. The van der Waals surface area contributed by atoms with Crippen molar-refractivity contribution in [2.75, 3.05) is 33.5 Å². The Bertz CT molecular complexity index is 579. The van der Waals surface area contributed by atoms with Crippen LogP contribution in [0.5, 0.6) is 11.5 Å². The Morgan fingerprint density at radius 3 is 2.64 bits per heavy atom. The average molecular weight is 328 g/mol. The molecule has 2 heterocycles. The number of carbonyl (C=O) groups excluding carboxylic acids is 1. The summed E-state index contributed by atoms with van der Waals surface area (Å²) in [6, 6.07) is 3.10.